The van der Waals surface area contributed by atoms with Crippen molar-refractivity contribution < 1.29 is 4.79 Å². The van der Waals surface area contributed by atoms with E-state index in [0.29, 0.717) is 13.0 Å². The van der Waals surface area contributed by atoms with Gasteiger partial charge in [0.1, 0.15) is 12.0 Å². The predicted octanol–water partition coefficient (Wildman–Crippen LogP) is 1.71. The van der Waals surface area contributed by atoms with Crippen LogP contribution in [0.5, 0.6) is 0 Å². The van der Waals surface area contributed by atoms with E-state index in [1.165, 1.54) is 6.33 Å². The summed E-state index contributed by atoms with van der Waals surface area (Å²) in [6.07, 6.45) is 1.82. The third-order valence-electron chi connectivity index (χ3n) is 2.05. The summed E-state index contributed by atoms with van der Waals surface area (Å²) < 4.78 is 0. The first kappa shape index (κ1) is 13.2. The fourth-order valence-electron chi connectivity index (χ4n) is 1.08. The summed E-state index contributed by atoms with van der Waals surface area (Å²) in [5, 5.41) is 2.82. The van der Waals surface area contributed by atoms with Gasteiger partial charge in [0, 0.05) is 5.92 Å². The molecule has 0 radical (unpaired) electrons. The van der Waals surface area contributed by atoms with Gasteiger partial charge in [-0.05, 0) is 13.0 Å². The van der Waals surface area contributed by atoms with Crippen LogP contribution >= 0.6 is 23.2 Å². The molecular weight excluding hydrogens is 251 g/mol. The lowest BCUT2D eigenvalue weighted by Crippen LogP contribution is -2.23. The summed E-state index contributed by atoms with van der Waals surface area (Å²) in [5.41, 5.74) is 5.60. The molecule has 5 nitrogen and oxygen atoms in total. The Balaban J connectivity index is 2.77. The number of hydrogen-bond donors (Lipinski definition) is 2. The van der Waals surface area contributed by atoms with Crippen molar-refractivity contribution >= 4 is 34.8 Å². The zero-order valence-corrected chi connectivity index (χ0v) is 10.2. The molecule has 0 fully saturated rings. The van der Waals surface area contributed by atoms with Gasteiger partial charge in [-0.3, -0.25) is 4.79 Å². The average molecular weight is 263 g/mol. The second kappa shape index (κ2) is 5.98. The van der Waals surface area contributed by atoms with Gasteiger partial charge in [0.25, 0.3) is 0 Å². The third kappa shape index (κ3) is 3.30. The summed E-state index contributed by atoms with van der Waals surface area (Å²) in [6, 6.07) is 0. The molecular formula is C9H12Cl2N4O. The van der Waals surface area contributed by atoms with Crippen LogP contribution in [0, 0.1) is 5.92 Å². The van der Waals surface area contributed by atoms with Gasteiger partial charge in [-0.15, -0.1) is 0 Å². The molecule has 16 heavy (non-hydrogen) atoms. The molecule has 0 spiro atoms. The number of anilines is 1. The molecule has 1 unspecified atom stereocenters. The van der Waals surface area contributed by atoms with Gasteiger partial charge in [0.15, 0.2) is 10.3 Å². The third-order valence-corrected chi connectivity index (χ3v) is 2.62. The summed E-state index contributed by atoms with van der Waals surface area (Å²) in [4.78, 5) is 19.1. The molecule has 0 aromatic carbocycles. The van der Waals surface area contributed by atoms with Crippen LogP contribution < -0.4 is 11.1 Å². The molecule has 1 atom stereocenters. The molecule has 0 aliphatic carbocycles. The molecule has 3 N–H and O–H groups in total. The first-order valence-corrected chi connectivity index (χ1v) is 5.48. The Morgan fingerprint density at radius 1 is 1.50 bits per heavy atom. The van der Waals surface area contributed by atoms with E-state index in [-0.39, 0.29) is 27.8 Å². The van der Waals surface area contributed by atoms with Gasteiger partial charge in [-0.2, -0.15) is 0 Å². The lowest BCUT2D eigenvalue weighted by molar-refractivity contribution is -0.119. The monoisotopic (exact) mass is 262 g/mol. The highest BCUT2D eigenvalue weighted by Gasteiger charge is 2.16. The van der Waals surface area contributed by atoms with Crippen LogP contribution in [0.2, 0.25) is 10.3 Å². The minimum absolute atomic E-state index is 0.119. The van der Waals surface area contributed by atoms with E-state index in [2.05, 4.69) is 15.3 Å². The minimum Gasteiger partial charge on any atom is -0.330 e. The predicted molar refractivity (Wildman–Crippen MR) is 63.5 cm³/mol. The lowest BCUT2D eigenvalue weighted by atomic mass is 10.1. The fourth-order valence-corrected chi connectivity index (χ4v) is 1.48. The van der Waals surface area contributed by atoms with E-state index in [1.807, 2.05) is 0 Å². The number of rotatable bonds is 4. The van der Waals surface area contributed by atoms with Crippen molar-refractivity contribution in [2.45, 2.75) is 13.3 Å². The Labute approximate surface area is 103 Å². The molecule has 1 rings (SSSR count). The van der Waals surface area contributed by atoms with Crippen molar-refractivity contribution in [2.24, 2.45) is 11.7 Å². The van der Waals surface area contributed by atoms with Crippen LogP contribution in [0.4, 0.5) is 5.69 Å². The van der Waals surface area contributed by atoms with Crippen molar-refractivity contribution in [3.05, 3.63) is 16.6 Å². The average Bonchev–Trinajstić information content (AvgIpc) is 2.23. The van der Waals surface area contributed by atoms with Gasteiger partial charge in [-0.25, -0.2) is 9.97 Å². The quantitative estimate of drug-likeness (QED) is 0.810. The molecule has 0 aliphatic rings. The SMILES string of the molecule is CC(CCN)C(=O)Nc1c(Cl)ncnc1Cl. The van der Waals surface area contributed by atoms with Crippen LogP contribution in [0.3, 0.4) is 0 Å². The molecule has 0 saturated heterocycles. The minimum atomic E-state index is -0.211. The maximum Gasteiger partial charge on any atom is 0.227 e. The van der Waals surface area contributed by atoms with Gasteiger partial charge < -0.3 is 11.1 Å². The Morgan fingerprint density at radius 2 is 2.06 bits per heavy atom. The zero-order chi connectivity index (χ0) is 12.1. The Morgan fingerprint density at radius 3 is 2.56 bits per heavy atom. The normalized spacial score (nSPS) is 12.2. The summed E-state index contributed by atoms with van der Waals surface area (Å²) in [5.74, 6) is -0.415. The van der Waals surface area contributed by atoms with Crippen molar-refractivity contribution in [1.29, 1.82) is 0 Å². The van der Waals surface area contributed by atoms with Crippen molar-refractivity contribution in [3.8, 4) is 0 Å². The first-order chi connectivity index (χ1) is 7.56. The number of nitrogens with zero attached hydrogens (tertiary/aromatic N) is 2. The zero-order valence-electron chi connectivity index (χ0n) is 8.70. The molecule has 0 aliphatic heterocycles. The summed E-state index contributed by atoms with van der Waals surface area (Å²) >= 11 is 11.6. The highest BCUT2D eigenvalue weighted by Crippen LogP contribution is 2.26. The van der Waals surface area contributed by atoms with E-state index in [9.17, 15) is 4.79 Å². The smallest absolute Gasteiger partial charge is 0.227 e. The van der Waals surface area contributed by atoms with Crippen molar-refractivity contribution in [1.82, 2.24) is 9.97 Å². The highest BCUT2D eigenvalue weighted by atomic mass is 35.5. The van der Waals surface area contributed by atoms with E-state index in [4.69, 9.17) is 28.9 Å². The molecule has 1 amide bonds. The molecule has 1 aromatic heterocycles. The Kier molecular flexibility index (Phi) is 4.92. The van der Waals surface area contributed by atoms with Crippen molar-refractivity contribution in [3.63, 3.8) is 0 Å². The van der Waals surface area contributed by atoms with Gasteiger partial charge in [0.2, 0.25) is 5.91 Å². The number of carbonyl (C=O) groups excluding carboxylic acids is 1. The fraction of sp³-hybridized carbons (Fsp3) is 0.444. The lowest BCUT2D eigenvalue weighted by Gasteiger charge is -2.12. The standard InChI is InChI=1S/C9H12Cl2N4O/c1-5(2-3-12)9(16)15-6-7(10)13-4-14-8(6)11/h4-5H,2-3,12H2,1H3,(H,15,16). The maximum atomic E-state index is 11.7. The highest BCUT2D eigenvalue weighted by molar-refractivity contribution is 6.38. The van der Waals surface area contributed by atoms with Gasteiger partial charge in [-0.1, -0.05) is 30.1 Å². The molecule has 0 bridgehead atoms. The number of aromatic nitrogens is 2. The number of amides is 1. The molecule has 7 heteroatoms. The second-order valence-corrected chi connectivity index (χ2v) is 4.01. The second-order valence-electron chi connectivity index (χ2n) is 3.30. The van der Waals surface area contributed by atoms with E-state index < -0.39 is 0 Å². The molecule has 1 aromatic rings. The number of halogens is 2. The number of nitrogens with two attached hydrogens (primary N) is 1. The van der Waals surface area contributed by atoms with Crippen LogP contribution in [-0.2, 0) is 4.79 Å². The largest absolute Gasteiger partial charge is 0.330 e. The first-order valence-electron chi connectivity index (χ1n) is 4.73. The topological polar surface area (TPSA) is 80.9 Å². The van der Waals surface area contributed by atoms with Gasteiger partial charge >= 0.3 is 0 Å². The Hall–Kier alpha value is -0.910. The van der Waals surface area contributed by atoms with E-state index in [1.54, 1.807) is 6.92 Å². The van der Waals surface area contributed by atoms with Crippen LogP contribution in [0.1, 0.15) is 13.3 Å². The molecule has 0 saturated carbocycles. The van der Waals surface area contributed by atoms with Gasteiger partial charge in [0.05, 0.1) is 0 Å². The number of hydrogen-bond acceptors (Lipinski definition) is 4. The molecule has 88 valence electrons. The number of nitrogens with one attached hydrogen (secondary N) is 1. The van der Waals surface area contributed by atoms with E-state index in [0.717, 1.165) is 0 Å². The summed E-state index contributed by atoms with van der Waals surface area (Å²) in [6.45, 7) is 2.22. The number of carbonyl (C=O) groups is 1. The summed E-state index contributed by atoms with van der Waals surface area (Å²) in [7, 11) is 0. The van der Waals surface area contributed by atoms with E-state index >= 15 is 0 Å². The van der Waals surface area contributed by atoms with Crippen LogP contribution in [0.15, 0.2) is 6.33 Å². The van der Waals surface area contributed by atoms with Crippen molar-refractivity contribution in [2.75, 3.05) is 11.9 Å². The Bertz CT molecular complexity index is 366. The maximum absolute atomic E-state index is 11.7. The van der Waals surface area contributed by atoms with Crippen LogP contribution in [0.25, 0.3) is 0 Å². The molecule has 1 heterocycles. The van der Waals surface area contributed by atoms with Crippen LogP contribution in [-0.4, -0.2) is 22.4 Å².